The Labute approximate surface area is 95.3 Å². The van der Waals surface area contributed by atoms with E-state index in [2.05, 4.69) is 29.3 Å². The molecule has 0 bridgehead atoms. The third kappa shape index (κ3) is 4.75. The van der Waals surface area contributed by atoms with Crippen LogP contribution in [0.3, 0.4) is 0 Å². The van der Waals surface area contributed by atoms with Crippen LogP contribution < -0.4 is 0 Å². The minimum Gasteiger partial charge on any atom is -0.389 e. The molecule has 1 heterocycles. The van der Waals surface area contributed by atoms with Crippen LogP contribution in [0.1, 0.15) is 11.8 Å². The molecule has 3 nitrogen and oxygen atoms in total. The molecule has 4 heteroatoms. The molecule has 0 amide bonds. The van der Waals surface area contributed by atoms with E-state index >= 15 is 0 Å². The van der Waals surface area contributed by atoms with Crippen molar-refractivity contribution < 1.29 is 9.84 Å². The highest BCUT2D eigenvalue weighted by molar-refractivity contribution is 7.09. The fourth-order valence-corrected chi connectivity index (χ4v) is 2.22. The number of aliphatic hydroxyl groups is 1. The van der Waals surface area contributed by atoms with Crippen molar-refractivity contribution >= 4 is 11.3 Å². The smallest absolute Gasteiger partial charge is 0.0900 e. The van der Waals surface area contributed by atoms with Gasteiger partial charge in [-0.1, -0.05) is 13.0 Å². The molecule has 0 fully saturated rings. The summed E-state index contributed by atoms with van der Waals surface area (Å²) in [7, 11) is 1.61. The minimum atomic E-state index is -0.394. The zero-order valence-electron chi connectivity index (χ0n) is 9.35. The maximum atomic E-state index is 9.62. The predicted molar refractivity (Wildman–Crippen MR) is 63.2 cm³/mol. The van der Waals surface area contributed by atoms with Crippen molar-refractivity contribution in [2.45, 2.75) is 19.6 Å². The Bertz CT molecular complexity index is 251. The molecule has 0 saturated carbocycles. The maximum absolute atomic E-state index is 9.62. The first-order valence-corrected chi connectivity index (χ1v) is 6.06. The predicted octanol–water partition coefficient (Wildman–Crippen LogP) is 1.58. The molecule has 1 unspecified atom stereocenters. The Balaban J connectivity index is 2.35. The monoisotopic (exact) mass is 229 g/mol. The number of rotatable bonds is 7. The normalized spacial score (nSPS) is 13.3. The number of aliphatic hydroxyl groups excluding tert-OH is 1. The highest BCUT2D eigenvalue weighted by atomic mass is 32.1. The van der Waals surface area contributed by atoms with Crippen LogP contribution in [-0.2, 0) is 11.3 Å². The summed E-state index contributed by atoms with van der Waals surface area (Å²) in [5.41, 5.74) is 0. The molecule has 0 radical (unpaired) electrons. The second-order valence-electron chi connectivity index (χ2n) is 3.52. The molecule has 86 valence electrons. The fourth-order valence-electron chi connectivity index (χ4n) is 1.47. The van der Waals surface area contributed by atoms with Crippen molar-refractivity contribution in [1.29, 1.82) is 0 Å². The number of methoxy groups -OCH3 is 1. The SMILES string of the molecule is CCN(Cc1cccs1)CC(O)COC. The Morgan fingerprint density at radius 2 is 2.40 bits per heavy atom. The summed E-state index contributed by atoms with van der Waals surface area (Å²) in [4.78, 5) is 3.55. The van der Waals surface area contributed by atoms with Crippen molar-refractivity contribution in [2.75, 3.05) is 26.8 Å². The molecule has 1 rings (SSSR count). The van der Waals surface area contributed by atoms with E-state index in [0.29, 0.717) is 13.2 Å². The molecular formula is C11H19NO2S. The summed E-state index contributed by atoms with van der Waals surface area (Å²) < 4.78 is 4.91. The average Bonchev–Trinajstić information content (AvgIpc) is 2.70. The fraction of sp³-hybridized carbons (Fsp3) is 0.636. The number of thiophene rings is 1. The second-order valence-corrected chi connectivity index (χ2v) is 4.55. The van der Waals surface area contributed by atoms with Crippen molar-refractivity contribution in [3.05, 3.63) is 22.4 Å². The molecule has 0 aliphatic carbocycles. The van der Waals surface area contributed by atoms with Crippen LogP contribution >= 0.6 is 11.3 Å². The standard InChI is InChI=1S/C11H19NO2S/c1-3-12(7-10(13)9-14-2)8-11-5-4-6-15-11/h4-6,10,13H,3,7-9H2,1-2H3. The number of hydrogen-bond acceptors (Lipinski definition) is 4. The molecule has 1 N–H and O–H groups in total. The molecule has 0 aliphatic heterocycles. The van der Waals surface area contributed by atoms with Gasteiger partial charge in [0.05, 0.1) is 12.7 Å². The summed E-state index contributed by atoms with van der Waals surface area (Å²) >= 11 is 1.75. The topological polar surface area (TPSA) is 32.7 Å². The molecule has 1 aromatic heterocycles. The lowest BCUT2D eigenvalue weighted by atomic mass is 10.3. The lowest BCUT2D eigenvalue weighted by molar-refractivity contribution is 0.0373. The minimum absolute atomic E-state index is 0.394. The van der Waals surface area contributed by atoms with Gasteiger partial charge in [0.1, 0.15) is 0 Å². The third-order valence-electron chi connectivity index (χ3n) is 2.23. The van der Waals surface area contributed by atoms with E-state index in [4.69, 9.17) is 4.74 Å². The van der Waals surface area contributed by atoms with Crippen LogP contribution in [0.25, 0.3) is 0 Å². The van der Waals surface area contributed by atoms with Gasteiger partial charge in [0.25, 0.3) is 0 Å². The number of ether oxygens (including phenoxy) is 1. The molecule has 1 aromatic rings. The van der Waals surface area contributed by atoms with E-state index in [9.17, 15) is 5.11 Å². The van der Waals surface area contributed by atoms with E-state index < -0.39 is 6.10 Å². The van der Waals surface area contributed by atoms with Crippen molar-refractivity contribution in [2.24, 2.45) is 0 Å². The summed E-state index contributed by atoms with van der Waals surface area (Å²) in [5.74, 6) is 0. The first-order chi connectivity index (χ1) is 7.26. The lowest BCUT2D eigenvalue weighted by Gasteiger charge is -2.22. The molecule has 0 saturated heterocycles. The second kappa shape index (κ2) is 6.95. The van der Waals surface area contributed by atoms with Crippen molar-refractivity contribution in [3.63, 3.8) is 0 Å². The zero-order chi connectivity index (χ0) is 11.1. The van der Waals surface area contributed by atoms with Crippen LogP contribution in [0.15, 0.2) is 17.5 Å². The third-order valence-corrected chi connectivity index (χ3v) is 3.10. The summed E-state index contributed by atoms with van der Waals surface area (Å²) in [6, 6.07) is 4.18. The van der Waals surface area contributed by atoms with Crippen molar-refractivity contribution in [1.82, 2.24) is 4.90 Å². The van der Waals surface area contributed by atoms with Crippen LogP contribution in [0.5, 0.6) is 0 Å². The van der Waals surface area contributed by atoms with Gasteiger partial charge in [0.15, 0.2) is 0 Å². The van der Waals surface area contributed by atoms with E-state index in [1.807, 2.05) is 0 Å². The van der Waals surface area contributed by atoms with Crippen molar-refractivity contribution in [3.8, 4) is 0 Å². The number of likely N-dealkylation sites (N-methyl/N-ethyl adjacent to an activating group) is 1. The molecule has 1 atom stereocenters. The highest BCUT2D eigenvalue weighted by Crippen LogP contribution is 2.11. The van der Waals surface area contributed by atoms with Gasteiger partial charge in [0.2, 0.25) is 0 Å². The Morgan fingerprint density at radius 1 is 1.60 bits per heavy atom. The van der Waals surface area contributed by atoms with Gasteiger partial charge in [-0.15, -0.1) is 11.3 Å². The largest absolute Gasteiger partial charge is 0.389 e. The lowest BCUT2D eigenvalue weighted by Crippen LogP contribution is -2.34. The molecular weight excluding hydrogens is 210 g/mol. The Morgan fingerprint density at radius 3 is 2.93 bits per heavy atom. The summed E-state index contributed by atoms with van der Waals surface area (Å²) in [6.07, 6.45) is -0.394. The Kier molecular flexibility index (Phi) is 5.86. The van der Waals surface area contributed by atoms with Gasteiger partial charge in [0, 0.05) is 25.1 Å². The zero-order valence-corrected chi connectivity index (χ0v) is 10.2. The van der Waals surface area contributed by atoms with Gasteiger partial charge < -0.3 is 9.84 Å². The molecule has 15 heavy (non-hydrogen) atoms. The average molecular weight is 229 g/mol. The Hall–Kier alpha value is -0.420. The molecule has 0 aromatic carbocycles. The first kappa shape index (κ1) is 12.6. The highest BCUT2D eigenvalue weighted by Gasteiger charge is 2.10. The first-order valence-electron chi connectivity index (χ1n) is 5.18. The van der Waals surface area contributed by atoms with Crippen LogP contribution in [0, 0.1) is 0 Å². The number of hydrogen-bond donors (Lipinski definition) is 1. The maximum Gasteiger partial charge on any atom is 0.0900 e. The van der Waals surface area contributed by atoms with E-state index in [0.717, 1.165) is 13.1 Å². The van der Waals surface area contributed by atoms with Gasteiger partial charge in [-0.25, -0.2) is 0 Å². The van der Waals surface area contributed by atoms with Gasteiger partial charge >= 0.3 is 0 Å². The van der Waals surface area contributed by atoms with Gasteiger partial charge in [-0.05, 0) is 18.0 Å². The molecule has 0 spiro atoms. The van der Waals surface area contributed by atoms with E-state index in [1.54, 1.807) is 18.4 Å². The molecule has 0 aliphatic rings. The van der Waals surface area contributed by atoms with Crippen LogP contribution in [0.4, 0.5) is 0 Å². The van der Waals surface area contributed by atoms with E-state index in [1.165, 1.54) is 4.88 Å². The number of nitrogens with zero attached hydrogens (tertiary/aromatic N) is 1. The van der Waals surface area contributed by atoms with Gasteiger partial charge in [-0.3, -0.25) is 4.90 Å². The van der Waals surface area contributed by atoms with Crippen LogP contribution in [0.2, 0.25) is 0 Å². The quantitative estimate of drug-likeness (QED) is 0.770. The van der Waals surface area contributed by atoms with E-state index in [-0.39, 0.29) is 0 Å². The van der Waals surface area contributed by atoms with Crippen LogP contribution in [-0.4, -0.2) is 42.9 Å². The summed E-state index contributed by atoms with van der Waals surface area (Å²) in [5, 5.41) is 11.7. The summed E-state index contributed by atoms with van der Waals surface area (Å²) in [6.45, 7) is 5.03. The van der Waals surface area contributed by atoms with Gasteiger partial charge in [-0.2, -0.15) is 0 Å².